The van der Waals surface area contributed by atoms with Crippen LogP contribution in [0.2, 0.25) is 0 Å². The van der Waals surface area contributed by atoms with Crippen molar-refractivity contribution >= 4 is 6.34 Å². The molecule has 1 saturated carbocycles. The molecular formula is C12H24N2. The number of hydrogen-bond acceptors (Lipinski definition) is 1. The summed E-state index contributed by atoms with van der Waals surface area (Å²) in [6, 6.07) is 0.758. The van der Waals surface area contributed by atoms with E-state index in [0.717, 1.165) is 12.6 Å². The minimum atomic E-state index is 0.758. The van der Waals surface area contributed by atoms with Gasteiger partial charge >= 0.3 is 0 Å². The van der Waals surface area contributed by atoms with Gasteiger partial charge < -0.3 is 4.90 Å². The summed E-state index contributed by atoms with van der Waals surface area (Å²) in [4.78, 5) is 6.75. The third-order valence-corrected chi connectivity index (χ3v) is 3.06. The Morgan fingerprint density at radius 3 is 2.64 bits per heavy atom. The van der Waals surface area contributed by atoms with Crippen LogP contribution in [0, 0.1) is 0 Å². The molecule has 1 fully saturated rings. The smallest absolute Gasteiger partial charge is 0.0849 e. The average molecular weight is 196 g/mol. The van der Waals surface area contributed by atoms with Crippen molar-refractivity contribution in [1.82, 2.24) is 4.90 Å². The zero-order valence-corrected chi connectivity index (χ0v) is 9.71. The third-order valence-electron chi connectivity index (χ3n) is 3.06. The molecule has 0 amide bonds. The van der Waals surface area contributed by atoms with Crippen LogP contribution in [-0.2, 0) is 0 Å². The standard InChI is InChI=1S/C12H24N2/c1-3-4-10-13-11-14(2)12-8-6-5-7-9-12/h11-12H,3-10H2,1-2H3. The van der Waals surface area contributed by atoms with Crippen molar-refractivity contribution in [2.75, 3.05) is 13.6 Å². The van der Waals surface area contributed by atoms with E-state index in [1.165, 1.54) is 44.9 Å². The van der Waals surface area contributed by atoms with Crippen LogP contribution in [0.1, 0.15) is 51.9 Å². The van der Waals surface area contributed by atoms with Gasteiger partial charge in [-0.1, -0.05) is 32.6 Å². The second kappa shape index (κ2) is 6.86. The molecule has 2 nitrogen and oxygen atoms in total. The van der Waals surface area contributed by atoms with Crippen LogP contribution in [0.4, 0.5) is 0 Å². The summed E-state index contributed by atoms with van der Waals surface area (Å²) in [5, 5.41) is 0. The van der Waals surface area contributed by atoms with Crippen molar-refractivity contribution in [3.8, 4) is 0 Å². The molecule has 0 aliphatic heterocycles. The van der Waals surface area contributed by atoms with Crippen LogP contribution >= 0.6 is 0 Å². The van der Waals surface area contributed by atoms with Gasteiger partial charge in [0.2, 0.25) is 0 Å². The molecule has 14 heavy (non-hydrogen) atoms. The van der Waals surface area contributed by atoms with Crippen LogP contribution in [0.5, 0.6) is 0 Å². The van der Waals surface area contributed by atoms with Gasteiger partial charge in [0.25, 0.3) is 0 Å². The zero-order valence-electron chi connectivity index (χ0n) is 9.71. The molecule has 0 radical (unpaired) electrons. The Morgan fingerprint density at radius 2 is 2.00 bits per heavy atom. The number of nitrogens with zero attached hydrogens (tertiary/aromatic N) is 2. The Morgan fingerprint density at radius 1 is 1.29 bits per heavy atom. The monoisotopic (exact) mass is 196 g/mol. The van der Waals surface area contributed by atoms with E-state index in [2.05, 4.69) is 23.9 Å². The lowest BCUT2D eigenvalue weighted by Crippen LogP contribution is -2.32. The van der Waals surface area contributed by atoms with Gasteiger partial charge in [-0.2, -0.15) is 0 Å². The molecule has 0 spiro atoms. The molecule has 0 aromatic rings. The van der Waals surface area contributed by atoms with E-state index in [1.54, 1.807) is 0 Å². The van der Waals surface area contributed by atoms with Gasteiger partial charge in [-0.05, 0) is 19.3 Å². The van der Waals surface area contributed by atoms with Crippen molar-refractivity contribution in [1.29, 1.82) is 0 Å². The molecule has 0 saturated heterocycles. The first-order valence-electron chi connectivity index (χ1n) is 6.06. The highest BCUT2D eigenvalue weighted by atomic mass is 15.1. The highest BCUT2D eigenvalue weighted by Gasteiger charge is 2.15. The van der Waals surface area contributed by atoms with Gasteiger partial charge in [0.15, 0.2) is 0 Å². The van der Waals surface area contributed by atoms with Crippen molar-refractivity contribution in [3.05, 3.63) is 0 Å². The maximum absolute atomic E-state index is 4.44. The number of unbranched alkanes of at least 4 members (excludes halogenated alkanes) is 1. The fourth-order valence-corrected chi connectivity index (χ4v) is 2.02. The molecule has 0 bridgehead atoms. The van der Waals surface area contributed by atoms with E-state index in [4.69, 9.17) is 0 Å². The van der Waals surface area contributed by atoms with E-state index in [0.29, 0.717) is 0 Å². The highest BCUT2D eigenvalue weighted by Crippen LogP contribution is 2.20. The minimum Gasteiger partial charge on any atom is -0.363 e. The average Bonchev–Trinajstić information content (AvgIpc) is 2.25. The molecule has 1 aliphatic carbocycles. The first-order valence-corrected chi connectivity index (χ1v) is 6.06. The fraction of sp³-hybridized carbons (Fsp3) is 0.917. The largest absolute Gasteiger partial charge is 0.363 e. The first kappa shape index (κ1) is 11.5. The molecular weight excluding hydrogens is 172 g/mol. The van der Waals surface area contributed by atoms with Gasteiger partial charge in [-0.15, -0.1) is 0 Å². The Hall–Kier alpha value is -0.530. The van der Waals surface area contributed by atoms with Crippen molar-refractivity contribution in [2.24, 2.45) is 4.99 Å². The Kier molecular flexibility index (Phi) is 5.65. The second-order valence-corrected chi connectivity index (χ2v) is 4.33. The Balaban J connectivity index is 2.18. The summed E-state index contributed by atoms with van der Waals surface area (Å²) >= 11 is 0. The Bertz CT molecular complexity index is 160. The lowest BCUT2D eigenvalue weighted by molar-refractivity contribution is 0.284. The van der Waals surface area contributed by atoms with Crippen LogP contribution in [0.25, 0.3) is 0 Å². The van der Waals surface area contributed by atoms with Gasteiger partial charge in [-0.25, -0.2) is 0 Å². The van der Waals surface area contributed by atoms with E-state index in [-0.39, 0.29) is 0 Å². The van der Waals surface area contributed by atoms with Gasteiger partial charge in [-0.3, -0.25) is 4.99 Å². The third kappa shape index (κ3) is 4.12. The SMILES string of the molecule is CCCCN=CN(C)C1CCCCC1. The lowest BCUT2D eigenvalue weighted by atomic mass is 9.95. The van der Waals surface area contributed by atoms with Gasteiger partial charge in [0, 0.05) is 19.6 Å². The molecule has 0 N–H and O–H groups in total. The molecule has 1 rings (SSSR count). The predicted octanol–water partition coefficient (Wildman–Crippen LogP) is 3.08. The maximum Gasteiger partial charge on any atom is 0.0849 e. The summed E-state index contributed by atoms with van der Waals surface area (Å²) < 4.78 is 0. The highest BCUT2D eigenvalue weighted by molar-refractivity contribution is 5.54. The summed E-state index contributed by atoms with van der Waals surface area (Å²) in [5.74, 6) is 0. The van der Waals surface area contributed by atoms with Crippen LogP contribution < -0.4 is 0 Å². The summed E-state index contributed by atoms with van der Waals surface area (Å²) in [6.07, 6.45) is 11.4. The molecule has 0 unspecified atom stereocenters. The van der Waals surface area contributed by atoms with Gasteiger partial charge in [0.05, 0.1) is 6.34 Å². The number of rotatable bonds is 5. The summed E-state index contributed by atoms with van der Waals surface area (Å²) in [5.41, 5.74) is 0. The van der Waals surface area contributed by atoms with Crippen molar-refractivity contribution in [3.63, 3.8) is 0 Å². The number of aliphatic imine (C=N–C) groups is 1. The van der Waals surface area contributed by atoms with E-state index < -0.39 is 0 Å². The Labute approximate surface area is 88.4 Å². The van der Waals surface area contributed by atoms with Crippen molar-refractivity contribution < 1.29 is 0 Å². The predicted molar refractivity (Wildman–Crippen MR) is 62.9 cm³/mol. The molecule has 2 heteroatoms. The topological polar surface area (TPSA) is 15.6 Å². The number of hydrogen-bond donors (Lipinski definition) is 0. The van der Waals surface area contributed by atoms with Crippen LogP contribution in [-0.4, -0.2) is 30.9 Å². The maximum atomic E-state index is 4.44. The molecule has 1 aliphatic rings. The minimum absolute atomic E-state index is 0.758. The summed E-state index contributed by atoms with van der Waals surface area (Å²) in [6.45, 7) is 3.20. The molecule has 0 aromatic heterocycles. The van der Waals surface area contributed by atoms with Gasteiger partial charge in [0.1, 0.15) is 0 Å². The molecule has 0 aromatic carbocycles. The fourth-order valence-electron chi connectivity index (χ4n) is 2.02. The van der Waals surface area contributed by atoms with Crippen LogP contribution in [0.3, 0.4) is 0 Å². The normalized spacial score (nSPS) is 19.0. The lowest BCUT2D eigenvalue weighted by Gasteiger charge is -2.29. The molecule has 0 heterocycles. The first-order chi connectivity index (χ1) is 6.84. The summed E-state index contributed by atoms with van der Waals surface area (Å²) in [7, 11) is 2.17. The second-order valence-electron chi connectivity index (χ2n) is 4.33. The van der Waals surface area contributed by atoms with Crippen LogP contribution in [0.15, 0.2) is 4.99 Å². The van der Waals surface area contributed by atoms with E-state index in [1.807, 2.05) is 6.34 Å². The molecule has 0 atom stereocenters. The zero-order chi connectivity index (χ0) is 10.2. The molecule has 82 valence electrons. The quantitative estimate of drug-likeness (QED) is 0.375. The van der Waals surface area contributed by atoms with E-state index in [9.17, 15) is 0 Å². The van der Waals surface area contributed by atoms with E-state index >= 15 is 0 Å². The van der Waals surface area contributed by atoms with Crippen molar-refractivity contribution in [2.45, 2.75) is 57.9 Å².